The summed E-state index contributed by atoms with van der Waals surface area (Å²) < 4.78 is 18.3. The number of allylic oxidation sites excluding steroid dienone is 1. The summed E-state index contributed by atoms with van der Waals surface area (Å²) in [6, 6.07) is 5.95. The molecule has 0 fully saturated rings. The molecule has 7 heteroatoms. The number of amidine groups is 1. The molecule has 0 unspecified atom stereocenters. The third-order valence-electron chi connectivity index (χ3n) is 3.93. The summed E-state index contributed by atoms with van der Waals surface area (Å²) in [5.41, 5.74) is 0.710. The molecule has 1 aromatic carbocycles. The monoisotopic (exact) mass is 345 g/mol. The highest BCUT2D eigenvalue weighted by Crippen LogP contribution is 2.38. The minimum atomic E-state index is -1.00. The Bertz CT molecular complexity index is 828. The van der Waals surface area contributed by atoms with Crippen molar-refractivity contribution in [2.75, 3.05) is 7.11 Å². The van der Waals surface area contributed by atoms with E-state index >= 15 is 0 Å². The number of rotatable bonds is 3. The van der Waals surface area contributed by atoms with Gasteiger partial charge in [0.1, 0.15) is 11.4 Å². The summed E-state index contributed by atoms with van der Waals surface area (Å²) >= 11 is 1.44. The first-order valence-corrected chi connectivity index (χ1v) is 8.16. The van der Waals surface area contributed by atoms with Crippen molar-refractivity contribution in [3.8, 4) is 0 Å². The van der Waals surface area contributed by atoms with Gasteiger partial charge in [0.05, 0.1) is 12.7 Å². The standard InChI is InChI=1S/C17H16FN3O2S/c1-10-13(16(22)23-3)17(2,11-4-6-12(18)7-5-11)21-14(20-10)15-19-8-9-24-15/h4-9H,1-3H3,(H,20,21)/t17-/m1/s1. The van der Waals surface area contributed by atoms with Crippen LogP contribution in [0.15, 0.2) is 52.1 Å². The van der Waals surface area contributed by atoms with Crippen molar-refractivity contribution in [3.05, 3.63) is 63.5 Å². The number of hydrogen-bond acceptors (Lipinski definition) is 6. The summed E-state index contributed by atoms with van der Waals surface area (Å²) in [6.07, 6.45) is 1.69. The average Bonchev–Trinajstić information content (AvgIpc) is 3.09. The number of ether oxygens (including phenoxy) is 1. The fourth-order valence-electron chi connectivity index (χ4n) is 2.79. The fraction of sp³-hybridized carbons (Fsp3) is 0.235. The molecule has 3 rings (SSSR count). The predicted molar refractivity (Wildman–Crippen MR) is 90.3 cm³/mol. The molecule has 1 aromatic heterocycles. The van der Waals surface area contributed by atoms with Crippen LogP contribution in [0.4, 0.5) is 4.39 Å². The van der Waals surface area contributed by atoms with E-state index < -0.39 is 11.5 Å². The molecule has 5 nitrogen and oxygen atoms in total. The molecule has 0 amide bonds. The Morgan fingerprint density at radius 3 is 2.62 bits per heavy atom. The first-order valence-electron chi connectivity index (χ1n) is 7.28. The third kappa shape index (κ3) is 2.71. The molecule has 2 heterocycles. The van der Waals surface area contributed by atoms with Gasteiger partial charge in [-0.3, -0.25) is 0 Å². The molecule has 0 aliphatic carbocycles. The molecule has 2 aromatic rings. The highest BCUT2D eigenvalue weighted by atomic mass is 32.1. The second-order valence-corrected chi connectivity index (χ2v) is 6.39. The second-order valence-electron chi connectivity index (χ2n) is 5.49. The van der Waals surface area contributed by atoms with Crippen LogP contribution >= 0.6 is 11.3 Å². The van der Waals surface area contributed by atoms with E-state index in [1.165, 1.54) is 30.6 Å². The Labute approximate surface area is 142 Å². The lowest BCUT2D eigenvalue weighted by molar-refractivity contribution is -0.137. The van der Waals surface area contributed by atoms with E-state index in [2.05, 4.69) is 10.3 Å². The molecule has 1 atom stereocenters. The van der Waals surface area contributed by atoms with Crippen LogP contribution in [0.3, 0.4) is 0 Å². The maximum absolute atomic E-state index is 13.3. The molecule has 24 heavy (non-hydrogen) atoms. The Morgan fingerprint density at radius 1 is 1.33 bits per heavy atom. The van der Waals surface area contributed by atoms with Gasteiger partial charge in [-0.1, -0.05) is 12.1 Å². The van der Waals surface area contributed by atoms with Gasteiger partial charge < -0.3 is 10.1 Å². The lowest BCUT2D eigenvalue weighted by Gasteiger charge is -2.33. The van der Waals surface area contributed by atoms with Gasteiger partial charge in [-0.15, -0.1) is 11.3 Å². The average molecular weight is 345 g/mol. The Kier molecular flexibility index (Phi) is 4.19. The Balaban J connectivity index is 2.19. The van der Waals surface area contributed by atoms with Crippen molar-refractivity contribution < 1.29 is 13.9 Å². The quantitative estimate of drug-likeness (QED) is 0.869. The largest absolute Gasteiger partial charge is 0.466 e. The molecule has 0 saturated heterocycles. The van der Waals surface area contributed by atoms with Crippen molar-refractivity contribution in [1.82, 2.24) is 10.3 Å². The highest BCUT2D eigenvalue weighted by molar-refractivity contribution is 7.11. The summed E-state index contributed by atoms with van der Waals surface area (Å²) in [6.45, 7) is 3.60. The zero-order chi connectivity index (χ0) is 17.3. The van der Waals surface area contributed by atoms with Crippen LogP contribution in [0.5, 0.6) is 0 Å². The van der Waals surface area contributed by atoms with Crippen LogP contribution in [0.1, 0.15) is 24.4 Å². The number of carbonyl (C=O) groups is 1. The van der Waals surface area contributed by atoms with Gasteiger partial charge in [-0.2, -0.15) is 0 Å². The Morgan fingerprint density at radius 2 is 2.04 bits per heavy atom. The van der Waals surface area contributed by atoms with Gasteiger partial charge in [0.25, 0.3) is 0 Å². The normalized spacial score (nSPS) is 20.4. The van der Waals surface area contributed by atoms with Gasteiger partial charge >= 0.3 is 5.97 Å². The minimum absolute atomic E-state index is 0.347. The van der Waals surface area contributed by atoms with Gasteiger partial charge in [-0.05, 0) is 31.5 Å². The Hall–Kier alpha value is -2.54. The highest BCUT2D eigenvalue weighted by Gasteiger charge is 2.41. The molecule has 0 bridgehead atoms. The lowest BCUT2D eigenvalue weighted by atomic mass is 9.82. The number of nitrogens with zero attached hydrogens (tertiary/aromatic N) is 2. The van der Waals surface area contributed by atoms with Gasteiger partial charge in [0.15, 0.2) is 10.8 Å². The van der Waals surface area contributed by atoms with Gasteiger partial charge in [-0.25, -0.2) is 19.2 Å². The van der Waals surface area contributed by atoms with Crippen LogP contribution in [0, 0.1) is 5.82 Å². The van der Waals surface area contributed by atoms with E-state index in [0.717, 1.165) is 0 Å². The molecule has 1 aliphatic heterocycles. The molecular weight excluding hydrogens is 329 g/mol. The predicted octanol–water partition coefficient (Wildman–Crippen LogP) is 2.99. The van der Waals surface area contributed by atoms with Crippen molar-refractivity contribution in [3.63, 3.8) is 0 Å². The summed E-state index contributed by atoms with van der Waals surface area (Å²) in [5.74, 6) is -0.253. The number of carbonyl (C=O) groups excluding carboxylic acids is 1. The fourth-order valence-corrected chi connectivity index (χ4v) is 3.37. The van der Waals surface area contributed by atoms with E-state index in [1.807, 2.05) is 12.3 Å². The number of halogens is 1. The van der Waals surface area contributed by atoms with Crippen LogP contribution in [0.2, 0.25) is 0 Å². The molecule has 0 saturated carbocycles. The van der Waals surface area contributed by atoms with E-state index in [4.69, 9.17) is 9.73 Å². The van der Waals surface area contributed by atoms with Gasteiger partial charge in [0, 0.05) is 17.3 Å². The smallest absolute Gasteiger partial charge is 0.338 e. The number of aliphatic imine (C=N–C) groups is 1. The maximum atomic E-state index is 13.3. The van der Waals surface area contributed by atoms with Crippen LogP contribution < -0.4 is 5.32 Å². The number of esters is 1. The van der Waals surface area contributed by atoms with Gasteiger partial charge in [0.2, 0.25) is 0 Å². The zero-order valence-corrected chi connectivity index (χ0v) is 14.3. The second kappa shape index (κ2) is 6.16. The summed E-state index contributed by atoms with van der Waals surface area (Å²) in [7, 11) is 1.33. The molecule has 0 spiro atoms. The lowest BCUT2D eigenvalue weighted by Crippen LogP contribution is -2.40. The number of methoxy groups -OCH3 is 1. The molecule has 1 N–H and O–H groups in total. The van der Waals surface area contributed by atoms with Crippen LogP contribution in [-0.4, -0.2) is 23.9 Å². The molecule has 0 radical (unpaired) electrons. The van der Waals surface area contributed by atoms with Crippen molar-refractivity contribution in [1.29, 1.82) is 0 Å². The van der Waals surface area contributed by atoms with Crippen LogP contribution in [0.25, 0.3) is 0 Å². The topological polar surface area (TPSA) is 63.6 Å². The molecular formula is C17H16FN3O2S. The summed E-state index contributed by atoms with van der Waals surface area (Å²) in [5, 5.41) is 5.69. The van der Waals surface area contributed by atoms with Crippen molar-refractivity contribution in [2.45, 2.75) is 19.4 Å². The molecule has 124 valence electrons. The number of thiazole rings is 1. The maximum Gasteiger partial charge on any atom is 0.338 e. The minimum Gasteiger partial charge on any atom is -0.466 e. The van der Waals surface area contributed by atoms with E-state index in [-0.39, 0.29) is 5.82 Å². The van der Waals surface area contributed by atoms with Crippen molar-refractivity contribution >= 4 is 23.1 Å². The number of hydrogen-bond donors (Lipinski definition) is 1. The van der Waals surface area contributed by atoms with E-state index in [0.29, 0.717) is 27.7 Å². The first kappa shape index (κ1) is 16.3. The van der Waals surface area contributed by atoms with Crippen LogP contribution in [-0.2, 0) is 15.1 Å². The third-order valence-corrected chi connectivity index (χ3v) is 4.71. The number of aromatic nitrogens is 1. The number of benzene rings is 1. The summed E-state index contributed by atoms with van der Waals surface area (Å²) in [4.78, 5) is 21.3. The van der Waals surface area contributed by atoms with E-state index in [9.17, 15) is 9.18 Å². The molecule has 1 aliphatic rings. The van der Waals surface area contributed by atoms with Crippen molar-refractivity contribution in [2.24, 2.45) is 4.99 Å². The van der Waals surface area contributed by atoms with E-state index in [1.54, 1.807) is 25.3 Å². The number of nitrogens with one attached hydrogen (secondary N) is 1. The zero-order valence-electron chi connectivity index (χ0n) is 13.5. The SMILES string of the molecule is COC(=O)C1=C(C)NC(c2nccs2)=N[C@]1(C)c1ccc(F)cc1. The first-order chi connectivity index (χ1) is 11.5.